The predicted octanol–water partition coefficient (Wildman–Crippen LogP) is 5.92. The van der Waals surface area contributed by atoms with Gasteiger partial charge in [-0.05, 0) is 53.9 Å². The first-order valence-corrected chi connectivity index (χ1v) is 9.20. The summed E-state index contributed by atoms with van der Waals surface area (Å²) in [4.78, 5) is 16.0. The Balaban J connectivity index is 1.81. The van der Waals surface area contributed by atoms with Gasteiger partial charge < -0.3 is 10.4 Å². The van der Waals surface area contributed by atoms with Crippen LogP contribution in [-0.4, -0.2) is 16.1 Å². The molecule has 2 N–H and O–H groups in total. The number of carbonyl (C=O) groups is 1. The number of anilines is 2. The van der Waals surface area contributed by atoms with Crippen molar-refractivity contribution in [1.29, 1.82) is 0 Å². The van der Waals surface area contributed by atoms with Crippen molar-refractivity contribution in [3.63, 3.8) is 0 Å². The van der Waals surface area contributed by atoms with Gasteiger partial charge in [-0.1, -0.05) is 54.1 Å². The number of hydrogen-bond donors (Lipinski definition) is 2. The highest BCUT2D eigenvalue weighted by Gasteiger charge is 2.11. The first-order valence-electron chi connectivity index (χ1n) is 8.82. The molecule has 0 spiro atoms. The summed E-state index contributed by atoms with van der Waals surface area (Å²) >= 11 is 6.07. The fraction of sp³-hybridized carbons (Fsp3) is 0.0435. The lowest BCUT2D eigenvalue weighted by atomic mass is 10.00. The summed E-state index contributed by atoms with van der Waals surface area (Å²) in [6.07, 6.45) is 0.719. The molecule has 0 saturated carbocycles. The van der Waals surface area contributed by atoms with Crippen LogP contribution >= 0.6 is 11.6 Å². The lowest BCUT2D eigenvalue weighted by molar-refractivity contribution is 0.0697. The second kappa shape index (κ2) is 7.71. The fourth-order valence-electron chi connectivity index (χ4n) is 3.17. The Hall–Kier alpha value is -3.37. The number of nitrogens with one attached hydrogen (secondary N) is 1. The summed E-state index contributed by atoms with van der Waals surface area (Å²) < 4.78 is 0. The Morgan fingerprint density at radius 1 is 0.964 bits per heavy atom. The molecular formula is C23H17ClN2O2. The third-order valence-electron chi connectivity index (χ3n) is 4.48. The summed E-state index contributed by atoms with van der Waals surface area (Å²) in [5, 5.41) is 14.2. The van der Waals surface area contributed by atoms with Crippen molar-refractivity contribution in [2.45, 2.75) is 6.42 Å². The topological polar surface area (TPSA) is 62.2 Å². The number of aromatic nitrogens is 1. The minimum atomic E-state index is -0.971. The predicted molar refractivity (Wildman–Crippen MR) is 113 cm³/mol. The molecule has 0 saturated heterocycles. The number of halogens is 1. The van der Waals surface area contributed by atoms with Gasteiger partial charge in [-0.25, -0.2) is 9.78 Å². The smallest absolute Gasteiger partial charge is 0.335 e. The van der Waals surface area contributed by atoms with Crippen LogP contribution in [0.25, 0.3) is 10.9 Å². The number of aromatic carboxylic acids is 1. The van der Waals surface area contributed by atoms with Gasteiger partial charge >= 0.3 is 5.97 Å². The molecule has 5 heteroatoms. The quantitative estimate of drug-likeness (QED) is 0.445. The minimum absolute atomic E-state index is 0.213. The minimum Gasteiger partial charge on any atom is -0.478 e. The number of fused-ring (bicyclic) bond motifs is 1. The van der Waals surface area contributed by atoms with E-state index >= 15 is 0 Å². The third-order valence-corrected chi connectivity index (χ3v) is 4.71. The number of benzene rings is 3. The van der Waals surface area contributed by atoms with Gasteiger partial charge in [-0.2, -0.15) is 0 Å². The standard InChI is InChI=1S/C23H17ClN2O2/c24-18-7-4-8-19(14-18)25-22-13-17(11-15-5-2-1-3-6-15)20-10-9-16(23(27)28)12-21(20)26-22/h1-10,12-14H,11H2,(H,25,26)(H,27,28). The van der Waals surface area contributed by atoms with Crippen molar-refractivity contribution in [2.24, 2.45) is 0 Å². The van der Waals surface area contributed by atoms with Gasteiger partial charge in [-0.15, -0.1) is 0 Å². The fourth-order valence-corrected chi connectivity index (χ4v) is 3.36. The lowest BCUT2D eigenvalue weighted by Crippen LogP contribution is -2.01. The molecule has 4 nitrogen and oxygen atoms in total. The monoisotopic (exact) mass is 388 g/mol. The van der Waals surface area contributed by atoms with Gasteiger partial charge in [0.25, 0.3) is 0 Å². The molecule has 4 rings (SSSR count). The molecule has 138 valence electrons. The summed E-state index contributed by atoms with van der Waals surface area (Å²) in [5.41, 5.74) is 3.91. The molecule has 1 aromatic heterocycles. The van der Waals surface area contributed by atoms with E-state index in [1.54, 1.807) is 18.2 Å². The number of hydrogen-bond acceptors (Lipinski definition) is 3. The number of pyridine rings is 1. The van der Waals surface area contributed by atoms with E-state index in [0.717, 1.165) is 23.1 Å². The summed E-state index contributed by atoms with van der Waals surface area (Å²) in [7, 11) is 0. The average molecular weight is 389 g/mol. The van der Waals surface area contributed by atoms with E-state index in [1.807, 2.05) is 48.5 Å². The zero-order chi connectivity index (χ0) is 19.5. The Morgan fingerprint density at radius 3 is 2.54 bits per heavy atom. The van der Waals surface area contributed by atoms with Crippen molar-refractivity contribution in [3.05, 3.63) is 101 Å². The summed E-state index contributed by atoms with van der Waals surface area (Å²) in [5.74, 6) is -0.329. The van der Waals surface area contributed by atoms with Crippen molar-refractivity contribution in [2.75, 3.05) is 5.32 Å². The molecule has 0 radical (unpaired) electrons. The van der Waals surface area contributed by atoms with Crippen molar-refractivity contribution >= 4 is 40.0 Å². The highest BCUT2D eigenvalue weighted by molar-refractivity contribution is 6.30. The van der Waals surface area contributed by atoms with E-state index in [4.69, 9.17) is 11.6 Å². The molecule has 0 aliphatic carbocycles. The van der Waals surface area contributed by atoms with E-state index in [1.165, 1.54) is 5.56 Å². The van der Waals surface area contributed by atoms with Crippen molar-refractivity contribution in [1.82, 2.24) is 4.98 Å². The highest BCUT2D eigenvalue weighted by Crippen LogP contribution is 2.27. The van der Waals surface area contributed by atoms with E-state index < -0.39 is 5.97 Å². The molecule has 0 unspecified atom stereocenters. The van der Waals surface area contributed by atoms with Crippen LogP contribution in [0.15, 0.2) is 78.9 Å². The highest BCUT2D eigenvalue weighted by atomic mass is 35.5. The summed E-state index contributed by atoms with van der Waals surface area (Å²) in [6.45, 7) is 0. The molecule has 0 bridgehead atoms. The zero-order valence-corrected chi connectivity index (χ0v) is 15.6. The second-order valence-corrected chi connectivity index (χ2v) is 6.94. The molecule has 0 aliphatic rings. The van der Waals surface area contributed by atoms with Gasteiger partial charge in [-0.3, -0.25) is 0 Å². The molecule has 0 fully saturated rings. The van der Waals surface area contributed by atoms with Crippen molar-refractivity contribution in [3.8, 4) is 0 Å². The maximum absolute atomic E-state index is 11.4. The van der Waals surface area contributed by atoms with Gasteiger partial charge in [0.1, 0.15) is 5.82 Å². The van der Waals surface area contributed by atoms with Gasteiger partial charge in [0.05, 0.1) is 11.1 Å². The van der Waals surface area contributed by atoms with Crippen LogP contribution in [0.2, 0.25) is 5.02 Å². The maximum Gasteiger partial charge on any atom is 0.335 e. The van der Waals surface area contributed by atoms with Crippen LogP contribution in [0.4, 0.5) is 11.5 Å². The molecule has 3 aromatic carbocycles. The molecule has 4 aromatic rings. The van der Waals surface area contributed by atoms with Crippen LogP contribution in [0.1, 0.15) is 21.5 Å². The summed E-state index contributed by atoms with van der Waals surface area (Å²) in [6, 6.07) is 24.6. The van der Waals surface area contributed by atoms with Gasteiger partial charge in [0, 0.05) is 16.1 Å². The second-order valence-electron chi connectivity index (χ2n) is 6.50. The molecule has 1 heterocycles. The van der Waals surface area contributed by atoms with Crippen LogP contribution in [0.3, 0.4) is 0 Å². The van der Waals surface area contributed by atoms with Crippen LogP contribution in [0, 0.1) is 0 Å². The van der Waals surface area contributed by atoms with E-state index in [-0.39, 0.29) is 5.56 Å². The Morgan fingerprint density at radius 2 is 1.79 bits per heavy atom. The van der Waals surface area contributed by atoms with Crippen molar-refractivity contribution < 1.29 is 9.90 Å². The molecule has 0 amide bonds. The zero-order valence-electron chi connectivity index (χ0n) is 14.9. The first kappa shape index (κ1) is 18.0. The molecular weight excluding hydrogens is 372 g/mol. The Bertz CT molecular complexity index is 1160. The van der Waals surface area contributed by atoms with E-state index in [9.17, 15) is 9.90 Å². The van der Waals surface area contributed by atoms with Gasteiger partial charge in [0.15, 0.2) is 0 Å². The number of carboxylic acid groups (broad SMARTS) is 1. The van der Waals surface area contributed by atoms with Gasteiger partial charge in [0.2, 0.25) is 0 Å². The van der Waals surface area contributed by atoms with E-state index in [2.05, 4.69) is 22.4 Å². The Kier molecular flexibility index (Phi) is 4.96. The number of rotatable bonds is 5. The van der Waals surface area contributed by atoms with Crippen LogP contribution in [-0.2, 0) is 6.42 Å². The molecule has 0 aliphatic heterocycles. The number of carboxylic acids is 1. The SMILES string of the molecule is O=C(O)c1ccc2c(Cc3ccccc3)cc(Nc3cccc(Cl)c3)nc2c1. The molecule has 0 atom stereocenters. The lowest BCUT2D eigenvalue weighted by Gasteiger charge is -2.12. The van der Waals surface area contributed by atoms with Crippen LogP contribution in [0.5, 0.6) is 0 Å². The first-order chi connectivity index (χ1) is 13.6. The number of nitrogens with zero attached hydrogens (tertiary/aromatic N) is 1. The largest absolute Gasteiger partial charge is 0.478 e. The normalized spacial score (nSPS) is 10.8. The van der Waals surface area contributed by atoms with E-state index in [0.29, 0.717) is 16.4 Å². The average Bonchev–Trinajstić information content (AvgIpc) is 2.68. The molecule has 28 heavy (non-hydrogen) atoms. The van der Waals surface area contributed by atoms with Crippen LogP contribution < -0.4 is 5.32 Å². The Labute approximate surface area is 167 Å². The third kappa shape index (κ3) is 3.97. The maximum atomic E-state index is 11.4.